The van der Waals surface area contributed by atoms with Gasteiger partial charge in [-0.05, 0) is 105 Å². The average Bonchev–Trinajstić information content (AvgIpc) is 3.40. The summed E-state index contributed by atoms with van der Waals surface area (Å²) in [6, 6.07) is 4.99. The Labute approximate surface area is 456 Å². The van der Waals surface area contributed by atoms with Crippen molar-refractivity contribution in [2.24, 2.45) is 22.9 Å². The molecule has 0 bridgehead atoms. The first-order chi connectivity index (χ1) is 36.7. The number of likely N-dealkylation sites (N-methyl/N-ethyl adjacent to an activating group) is 1. The van der Waals surface area contributed by atoms with Gasteiger partial charge in [-0.2, -0.15) is 0 Å². The molecule has 1 aliphatic carbocycles. The Morgan fingerprint density at radius 1 is 0.962 bits per heavy atom. The molecular formula is C54H85N5O19. The molecule has 1 aromatic carbocycles. The largest absolute Gasteiger partial charge is 0.477 e. The molecule has 6 rings (SSSR count). The number of aliphatic hydroxyl groups excluding tert-OH is 2. The van der Waals surface area contributed by atoms with Crippen LogP contribution < -0.4 is 15.8 Å². The maximum atomic E-state index is 14.4. The number of amides is 1. The second kappa shape index (κ2) is 26.3. The lowest BCUT2D eigenvalue weighted by molar-refractivity contribution is -0.317. The fourth-order valence-electron chi connectivity index (χ4n) is 11.4. The van der Waals surface area contributed by atoms with Crippen molar-refractivity contribution in [1.29, 1.82) is 0 Å². The van der Waals surface area contributed by atoms with E-state index in [-0.39, 0.29) is 69.0 Å². The van der Waals surface area contributed by atoms with E-state index in [9.17, 15) is 44.7 Å². The number of nitrogens with zero attached hydrogens (tertiary/aromatic N) is 4. The van der Waals surface area contributed by atoms with Crippen LogP contribution in [0.1, 0.15) is 103 Å². The quantitative estimate of drug-likeness (QED) is 0.0510. The lowest BCUT2D eigenvalue weighted by Gasteiger charge is -2.49. The van der Waals surface area contributed by atoms with Crippen molar-refractivity contribution in [3.8, 4) is 0 Å². The molecule has 6 N–H and O–H groups in total. The van der Waals surface area contributed by atoms with Gasteiger partial charge in [0.2, 0.25) is 12.2 Å². The highest BCUT2D eigenvalue weighted by Gasteiger charge is 2.58. The normalized spacial score (nSPS) is 36.3. The van der Waals surface area contributed by atoms with E-state index in [1.807, 2.05) is 32.0 Å². The molecule has 1 amide bonds. The number of oxime groups is 1. The number of pyridine rings is 1. The van der Waals surface area contributed by atoms with E-state index in [4.69, 9.17) is 47.5 Å². The summed E-state index contributed by atoms with van der Waals surface area (Å²) < 4.78 is 56.7. The van der Waals surface area contributed by atoms with Crippen LogP contribution in [0.25, 0.3) is 10.9 Å². The van der Waals surface area contributed by atoms with Crippen LogP contribution in [0.15, 0.2) is 34.3 Å². The molecule has 3 saturated heterocycles. The Kier molecular flexibility index (Phi) is 21.2. The van der Waals surface area contributed by atoms with Gasteiger partial charge in [0.25, 0.3) is 0 Å². The third-order valence-corrected chi connectivity index (χ3v) is 15.9. The van der Waals surface area contributed by atoms with E-state index in [1.165, 1.54) is 27.3 Å². The molecule has 2 aromatic rings. The summed E-state index contributed by atoms with van der Waals surface area (Å²) in [6.07, 6.45) is -8.60. The molecule has 1 saturated carbocycles. The highest BCUT2D eigenvalue weighted by atomic mass is 16.7. The molecule has 17 atom stereocenters. The van der Waals surface area contributed by atoms with E-state index in [0.29, 0.717) is 36.8 Å². The van der Waals surface area contributed by atoms with E-state index < -0.39 is 113 Å². The van der Waals surface area contributed by atoms with Gasteiger partial charge in [0.1, 0.15) is 35.1 Å². The minimum atomic E-state index is -1.95. The molecule has 4 heterocycles. The van der Waals surface area contributed by atoms with Gasteiger partial charge in [0.05, 0.1) is 53.8 Å². The van der Waals surface area contributed by atoms with Crippen LogP contribution in [-0.4, -0.2) is 212 Å². The van der Waals surface area contributed by atoms with Crippen LogP contribution >= 0.6 is 0 Å². The zero-order valence-electron chi connectivity index (χ0n) is 47.4. The van der Waals surface area contributed by atoms with Crippen molar-refractivity contribution >= 4 is 34.6 Å². The number of ether oxygens (including phenoxy) is 9. The first-order valence-electron chi connectivity index (χ1n) is 26.8. The van der Waals surface area contributed by atoms with Gasteiger partial charge in [-0.15, -0.1) is 0 Å². The van der Waals surface area contributed by atoms with E-state index >= 15 is 0 Å². The Balaban J connectivity index is 1.15. The Hall–Kier alpha value is -4.57. The number of carboxylic acid groups (broad SMARTS) is 1. The minimum Gasteiger partial charge on any atom is -0.477 e. The summed E-state index contributed by atoms with van der Waals surface area (Å²) in [6.45, 7) is 12.2. The SMILES string of the molecule is COCO/N=C1\[C@H](C)C[C@@](C)(O)[C@H](O[C@@H]2O[C@H](C)C[C@H](N(C)C)[C@H]2O)[C@@H](C)[C@H](O[C@H]2C[C@@](C)(OC)[C@@H](OC(=O)NCCOCCCc3ccc4c(c3)c(=O)c(C(=O)O)cn4N(C)C)[C@H](C)O2)[C@@H](C)C(=O)O[C@@H]2CC[C@]2(O)[C@@H]1O. The highest BCUT2D eigenvalue weighted by molar-refractivity contribution is 5.93. The molecule has 0 spiro atoms. The number of fused-ring (bicyclic) bond motifs is 2. The zero-order valence-corrected chi connectivity index (χ0v) is 47.4. The Morgan fingerprint density at radius 3 is 2.31 bits per heavy atom. The number of aromatic nitrogens is 1. The summed E-state index contributed by atoms with van der Waals surface area (Å²) in [7, 11) is 10.0. The number of carboxylic acids is 1. The second-order valence-corrected chi connectivity index (χ2v) is 22.4. The van der Waals surface area contributed by atoms with Gasteiger partial charge in [-0.1, -0.05) is 25.1 Å². The number of aromatic carboxylic acids is 1. The number of benzene rings is 1. The highest BCUT2D eigenvalue weighted by Crippen LogP contribution is 2.44. The third-order valence-electron chi connectivity index (χ3n) is 15.9. The van der Waals surface area contributed by atoms with E-state index in [1.54, 1.807) is 70.5 Å². The Bertz CT molecular complexity index is 2460. The Morgan fingerprint density at radius 2 is 1.68 bits per heavy atom. The first kappa shape index (κ1) is 62.6. The number of esters is 1. The van der Waals surface area contributed by atoms with Crippen molar-refractivity contribution in [3.05, 3.63) is 45.7 Å². The van der Waals surface area contributed by atoms with Gasteiger partial charge in [0, 0.05) is 77.3 Å². The number of aliphatic hydroxyl groups is 4. The standard InChI is InChI=1S/C54H85N5O19/c1-29-25-52(6,67)46(77-50-43(61)38(57(8)9)23-30(2)73-50)31(3)44(32(4)49(65)75-39-18-19-54(39,68)45(62)41(29)56-72-28-69-12)76-40-26-53(7,70-13)47(33(5)74-40)78-51(66)55-20-22-71-21-14-15-34-16-17-37-35(24-34)42(60)36(48(63)64)27-59(37)58(10)11/h16-17,24,27,29-33,38-40,43-47,50,61-62,67-68H,14-15,18-23,25-26,28H2,1-13H3,(H,55,66)(H,63,64)/b56-41+/t29-,30-,31+,32-,33+,38+,39-,40+,43-,44+,45-,46-,47+,50+,52-,53-,54-/m1/s1. The maximum absolute atomic E-state index is 14.4. The smallest absolute Gasteiger partial charge is 0.407 e. The summed E-state index contributed by atoms with van der Waals surface area (Å²) >= 11 is 0. The predicted octanol–water partition coefficient (Wildman–Crippen LogP) is 2.51. The van der Waals surface area contributed by atoms with Crippen molar-refractivity contribution in [1.82, 2.24) is 14.9 Å². The first-order valence-corrected chi connectivity index (χ1v) is 26.8. The van der Waals surface area contributed by atoms with Crippen molar-refractivity contribution in [2.45, 2.75) is 178 Å². The van der Waals surface area contributed by atoms with E-state index in [0.717, 1.165) is 5.56 Å². The summed E-state index contributed by atoms with van der Waals surface area (Å²) in [5.74, 6) is -4.92. The average molecular weight is 1110 g/mol. The van der Waals surface area contributed by atoms with Gasteiger partial charge >= 0.3 is 18.0 Å². The van der Waals surface area contributed by atoms with Gasteiger partial charge in [-0.25, -0.2) is 9.59 Å². The molecule has 4 fully saturated rings. The van der Waals surface area contributed by atoms with Crippen LogP contribution in [0, 0.1) is 17.8 Å². The lowest BCUT2D eigenvalue weighted by atomic mass is 9.69. The zero-order chi connectivity index (χ0) is 57.6. The number of hydrogen-bond donors (Lipinski definition) is 6. The molecule has 0 radical (unpaired) electrons. The number of carbonyl (C=O) groups excluding carboxylic acids is 2. The van der Waals surface area contributed by atoms with E-state index in [2.05, 4.69) is 10.5 Å². The topological polar surface area (TPSA) is 298 Å². The van der Waals surface area contributed by atoms with Gasteiger partial charge in [-0.3, -0.25) is 14.3 Å². The van der Waals surface area contributed by atoms with Gasteiger partial charge < -0.3 is 88.2 Å². The molecule has 24 heteroatoms. The van der Waals surface area contributed by atoms with Crippen LogP contribution in [0.3, 0.4) is 0 Å². The molecule has 78 heavy (non-hydrogen) atoms. The number of rotatable bonds is 19. The number of methoxy groups -OCH3 is 2. The van der Waals surface area contributed by atoms with Crippen LogP contribution in [-0.2, 0) is 58.7 Å². The number of carbonyl (C=O) groups is 3. The summed E-state index contributed by atoms with van der Waals surface area (Å²) in [4.78, 5) is 59.8. The van der Waals surface area contributed by atoms with Crippen molar-refractivity contribution < 1.29 is 87.4 Å². The fourth-order valence-corrected chi connectivity index (χ4v) is 11.4. The lowest BCUT2D eigenvalue weighted by Crippen LogP contribution is -2.64. The van der Waals surface area contributed by atoms with Crippen LogP contribution in [0.2, 0.25) is 0 Å². The monoisotopic (exact) mass is 1110 g/mol. The molecule has 4 aliphatic rings. The molecule has 0 unspecified atom stereocenters. The molecule has 3 aliphatic heterocycles. The number of aryl methyl sites for hydroxylation is 1. The minimum absolute atomic E-state index is 0.00903. The maximum Gasteiger partial charge on any atom is 0.407 e. The molecule has 24 nitrogen and oxygen atoms in total. The van der Waals surface area contributed by atoms with Gasteiger partial charge in [0.15, 0.2) is 18.7 Å². The summed E-state index contributed by atoms with van der Waals surface area (Å²) in [5.41, 5.74) is -4.51. The molecular weight excluding hydrogens is 1020 g/mol. The fraction of sp³-hybridized carbons (Fsp3) is 0.759. The summed E-state index contributed by atoms with van der Waals surface area (Å²) in [5, 5.41) is 66.8. The van der Waals surface area contributed by atoms with Crippen LogP contribution in [0.4, 0.5) is 4.79 Å². The van der Waals surface area contributed by atoms with Crippen LogP contribution in [0.5, 0.6) is 0 Å². The molecule has 1 aromatic heterocycles. The number of hydrogen-bond acceptors (Lipinski definition) is 21. The van der Waals surface area contributed by atoms with Crippen molar-refractivity contribution in [3.63, 3.8) is 0 Å². The second-order valence-electron chi connectivity index (χ2n) is 22.4. The third kappa shape index (κ3) is 14.1. The molecule has 440 valence electrons. The predicted molar refractivity (Wildman–Crippen MR) is 282 cm³/mol. The van der Waals surface area contributed by atoms with Crippen molar-refractivity contribution in [2.75, 3.05) is 74.0 Å². The number of alkyl carbamates (subject to hydrolysis) is 1. The number of nitrogens with one attached hydrogen (secondary N) is 1.